The minimum atomic E-state index is -0.313. The summed E-state index contributed by atoms with van der Waals surface area (Å²) in [5.41, 5.74) is 9.86. The highest BCUT2D eigenvalue weighted by Crippen LogP contribution is 2.41. The summed E-state index contributed by atoms with van der Waals surface area (Å²) in [6.45, 7) is 4.77. The van der Waals surface area contributed by atoms with Crippen LogP contribution in [0.2, 0.25) is 0 Å². The summed E-state index contributed by atoms with van der Waals surface area (Å²) in [5, 5.41) is 2.84. The van der Waals surface area contributed by atoms with Crippen LogP contribution in [0, 0.1) is 6.92 Å². The van der Waals surface area contributed by atoms with Crippen molar-refractivity contribution in [3.05, 3.63) is 71.9 Å². The maximum Gasteiger partial charge on any atom is 0.256 e. The molecular formula is C28H29N7O2. The number of rotatable bonds is 4. The lowest BCUT2D eigenvalue weighted by Crippen LogP contribution is -2.49. The monoisotopic (exact) mass is 495 g/mol. The predicted molar refractivity (Wildman–Crippen MR) is 141 cm³/mol. The highest BCUT2D eigenvalue weighted by Gasteiger charge is 2.44. The first-order valence-corrected chi connectivity index (χ1v) is 12.6. The lowest BCUT2D eigenvalue weighted by atomic mass is 9.79. The molecule has 0 bridgehead atoms. The Kier molecular flexibility index (Phi) is 5.43. The fourth-order valence-corrected chi connectivity index (χ4v) is 5.70. The summed E-state index contributed by atoms with van der Waals surface area (Å²) in [6.07, 6.45) is 8.71. The summed E-state index contributed by atoms with van der Waals surface area (Å²) < 4.78 is 2.02. The minimum absolute atomic E-state index is 0.230. The van der Waals surface area contributed by atoms with E-state index in [1.54, 1.807) is 24.5 Å². The number of nitrogen functional groups attached to an aromatic ring is 1. The largest absolute Gasteiger partial charge is 0.382 e. The van der Waals surface area contributed by atoms with Crippen molar-refractivity contribution in [1.29, 1.82) is 0 Å². The van der Waals surface area contributed by atoms with Crippen LogP contribution in [0.1, 0.15) is 54.4 Å². The molecule has 5 heterocycles. The zero-order chi connectivity index (χ0) is 25.7. The molecule has 6 rings (SSSR count). The van der Waals surface area contributed by atoms with Crippen molar-refractivity contribution < 1.29 is 9.59 Å². The van der Waals surface area contributed by atoms with Gasteiger partial charge >= 0.3 is 0 Å². The Morgan fingerprint density at radius 2 is 1.95 bits per heavy atom. The van der Waals surface area contributed by atoms with Gasteiger partial charge in [0.15, 0.2) is 0 Å². The normalized spacial score (nSPS) is 21.3. The van der Waals surface area contributed by atoms with Crippen molar-refractivity contribution >= 4 is 29.0 Å². The number of carbonyl (C=O) groups excluding carboxylic acids is 2. The lowest BCUT2D eigenvalue weighted by molar-refractivity contribution is -0.131. The van der Waals surface area contributed by atoms with Crippen molar-refractivity contribution in [3.8, 4) is 11.3 Å². The zero-order valence-electron chi connectivity index (χ0n) is 20.9. The fraction of sp³-hybridized carbons (Fsp3) is 0.321. The molecule has 3 aromatic heterocycles. The van der Waals surface area contributed by atoms with E-state index < -0.39 is 0 Å². The molecule has 2 saturated heterocycles. The van der Waals surface area contributed by atoms with Gasteiger partial charge < -0.3 is 16.0 Å². The van der Waals surface area contributed by atoms with Gasteiger partial charge in [0.05, 0.1) is 0 Å². The van der Waals surface area contributed by atoms with Gasteiger partial charge in [-0.05, 0) is 56.0 Å². The predicted octanol–water partition coefficient (Wildman–Crippen LogP) is 3.98. The molecule has 188 valence electrons. The van der Waals surface area contributed by atoms with Crippen LogP contribution in [0.3, 0.4) is 0 Å². The number of nitrogens with zero attached hydrogens (tertiary/aromatic N) is 5. The smallest absolute Gasteiger partial charge is 0.256 e. The summed E-state index contributed by atoms with van der Waals surface area (Å²) in [4.78, 5) is 41.0. The van der Waals surface area contributed by atoms with Crippen molar-refractivity contribution in [2.75, 3.05) is 17.6 Å². The number of imidazole rings is 1. The number of hydrogen-bond acceptors (Lipinski definition) is 6. The SMILES string of the molecule is Cc1ccnc(NC(=O)c2ccc(-c3nc([C@]4(C)CC[C@H]5CCC(=O)N5C4)n4ccnc(N)c34)cc2)c1. The number of piperidine rings is 1. The van der Waals surface area contributed by atoms with E-state index in [1.165, 1.54) is 0 Å². The Labute approximate surface area is 214 Å². The fourth-order valence-electron chi connectivity index (χ4n) is 5.70. The number of nitrogens with one attached hydrogen (secondary N) is 1. The Morgan fingerprint density at radius 3 is 2.73 bits per heavy atom. The zero-order valence-corrected chi connectivity index (χ0v) is 20.9. The first-order chi connectivity index (χ1) is 17.8. The number of fused-ring (bicyclic) bond motifs is 2. The van der Waals surface area contributed by atoms with Crippen LogP contribution in [-0.4, -0.2) is 48.7 Å². The standard InChI is InChI=1S/C28H29N7O2/c1-17-10-12-30-21(15-17)32-26(37)19-5-3-18(4-6-19)23-24-25(29)31-13-14-34(24)27(33-23)28(2)11-9-20-7-8-22(36)35(20)16-28/h3-6,10,12-15,20H,7-9,11,16H2,1-2H3,(H2,29,31)(H,30,32,37)/t20-,28-/m1/s1. The van der Waals surface area contributed by atoms with Gasteiger partial charge in [0.25, 0.3) is 5.91 Å². The molecule has 1 aromatic carbocycles. The maximum atomic E-state index is 12.8. The van der Waals surface area contributed by atoms with Gasteiger partial charge in [0, 0.05) is 54.1 Å². The van der Waals surface area contributed by atoms with E-state index in [0.717, 1.165) is 41.7 Å². The van der Waals surface area contributed by atoms with E-state index in [0.29, 0.717) is 41.9 Å². The third-order valence-electron chi connectivity index (χ3n) is 7.70. The van der Waals surface area contributed by atoms with Gasteiger partial charge in [0.1, 0.15) is 28.7 Å². The van der Waals surface area contributed by atoms with E-state index in [2.05, 4.69) is 22.2 Å². The van der Waals surface area contributed by atoms with Crippen LogP contribution < -0.4 is 11.1 Å². The van der Waals surface area contributed by atoms with Crippen molar-refractivity contribution in [1.82, 2.24) is 24.3 Å². The molecule has 2 atom stereocenters. The number of anilines is 2. The third kappa shape index (κ3) is 4.00. The molecule has 0 unspecified atom stereocenters. The topological polar surface area (TPSA) is 119 Å². The highest BCUT2D eigenvalue weighted by molar-refractivity contribution is 6.04. The first kappa shape index (κ1) is 23.1. The molecule has 2 fully saturated rings. The second kappa shape index (κ2) is 8.69. The number of amides is 2. The van der Waals surface area contributed by atoms with E-state index in [-0.39, 0.29) is 17.2 Å². The van der Waals surface area contributed by atoms with Crippen molar-refractivity contribution in [2.24, 2.45) is 0 Å². The van der Waals surface area contributed by atoms with Crippen LogP contribution in [0.4, 0.5) is 11.6 Å². The summed E-state index contributed by atoms with van der Waals surface area (Å²) in [5.74, 6) is 1.76. The van der Waals surface area contributed by atoms with Gasteiger partial charge in [-0.25, -0.2) is 15.0 Å². The summed E-state index contributed by atoms with van der Waals surface area (Å²) in [6, 6.07) is 11.3. The maximum absolute atomic E-state index is 12.8. The lowest BCUT2D eigenvalue weighted by Gasteiger charge is -2.41. The van der Waals surface area contributed by atoms with E-state index in [1.807, 2.05) is 46.7 Å². The Balaban J connectivity index is 1.34. The van der Waals surface area contributed by atoms with E-state index in [9.17, 15) is 9.59 Å². The van der Waals surface area contributed by atoms with Crippen LogP contribution >= 0.6 is 0 Å². The van der Waals surface area contributed by atoms with Crippen molar-refractivity contribution in [2.45, 2.75) is 51.0 Å². The first-order valence-electron chi connectivity index (χ1n) is 12.6. The van der Waals surface area contributed by atoms with Crippen LogP contribution in [0.25, 0.3) is 16.8 Å². The average molecular weight is 496 g/mol. The Hall–Kier alpha value is -4.27. The van der Waals surface area contributed by atoms with E-state index >= 15 is 0 Å². The number of hydrogen-bond donors (Lipinski definition) is 2. The molecule has 9 heteroatoms. The molecule has 2 amide bonds. The number of pyridine rings is 1. The average Bonchev–Trinajstić information content (AvgIpc) is 3.46. The van der Waals surface area contributed by atoms with Gasteiger partial charge in [-0.1, -0.05) is 19.1 Å². The number of carbonyl (C=O) groups is 2. The molecule has 0 saturated carbocycles. The number of aryl methyl sites for hydroxylation is 1. The van der Waals surface area contributed by atoms with Crippen LogP contribution in [0.5, 0.6) is 0 Å². The van der Waals surface area contributed by atoms with Gasteiger partial charge in [-0.2, -0.15) is 0 Å². The molecule has 0 aliphatic carbocycles. The minimum Gasteiger partial charge on any atom is -0.382 e. The van der Waals surface area contributed by atoms with Gasteiger partial charge in [0.2, 0.25) is 5.91 Å². The quantitative estimate of drug-likeness (QED) is 0.442. The second-order valence-corrected chi connectivity index (χ2v) is 10.4. The highest BCUT2D eigenvalue weighted by atomic mass is 16.2. The molecule has 0 spiro atoms. The number of benzene rings is 1. The number of nitrogens with two attached hydrogens (primary N) is 1. The molecule has 4 aromatic rings. The molecule has 3 N–H and O–H groups in total. The third-order valence-corrected chi connectivity index (χ3v) is 7.70. The molecule has 0 radical (unpaired) electrons. The van der Waals surface area contributed by atoms with E-state index in [4.69, 9.17) is 10.7 Å². The Morgan fingerprint density at radius 1 is 1.14 bits per heavy atom. The number of aromatic nitrogens is 4. The molecule has 37 heavy (non-hydrogen) atoms. The van der Waals surface area contributed by atoms with Crippen molar-refractivity contribution in [3.63, 3.8) is 0 Å². The molecule has 9 nitrogen and oxygen atoms in total. The second-order valence-electron chi connectivity index (χ2n) is 10.4. The molecular weight excluding hydrogens is 466 g/mol. The van der Waals surface area contributed by atoms with Crippen LogP contribution in [-0.2, 0) is 10.2 Å². The summed E-state index contributed by atoms with van der Waals surface area (Å²) >= 11 is 0. The van der Waals surface area contributed by atoms with Gasteiger partial charge in [-0.15, -0.1) is 0 Å². The Bertz CT molecular complexity index is 1530. The summed E-state index contributed by atoms with van der Waals surface area (Å²) in [7, 11) is 0. The molecule has 2 aliphatic rings. The van der Waals surface area contributed by atoms with Gasteiger partial charge in [-0.3, -0.25) is 14.0 Å². The molecule has 2 aliphatic heterocycles. The van der Waals surface area contributed by atoms with Crippen LogP contribution in [0.15, 0.2) is 55.0 Å².